The standard InChI is InChI=1S/C28H41N3O/c1-3-5-6-7-8-9-10-11-12-13-15-23-17-18-24(30-23)21-27-28(32-20-4-2)22-26(31-27)25-16-14-19-29-25/h14,16-19,21-22,29-30H,3-13,15,20H2,1-2H3. The highest BCUT2D eigenvalue weighted by atomic mass is 16.5. The zero-order chi connectivity index (χ0) is 22.4. The maximum absolute atomic E-state index is 5.96. The van der Waals surface area contributed by atoms with E-state index in [0.717, 1.165) is 41.4 Å². The normalized spacial score (nSPS) is 14.8. The number of hydrogen-bond acceptors (Lipinski definition) is 2. The van der Waals surface area contributed by atoms with Crippen LogP contribution in [0.5, 0.6) is 0 Å². The van der Waals surface area contributed by atoms with Gasteiger partial charge in [-0.3, -0.25) is 0 Å². The molecule has 0 atom stereocenters. The summed E-state index contributed by atoms with van der Waals surface area (Å²) in [5.41, 5.74) is 5.21. The Morgan fingerprint density at radius 2 is 1.62 bits per heavy atom. The zero-order valence-corrected chi connectivity index (χ0v) is 20.1. The van der Waals surface area contributed by atoms with Gasteiger partial charge in [0.1, 0.15) is 11.5 Å². The Hall–Kier alpha value is -2.49. The summed E-state index contributed by atoms with van der Waals surface area (Å²) < 4.78 is 5.96. The molecule has 32 heavy (non-hydrogen) atoms. The van der Waals surface area contributed by atoms with E-state index in [2.05, 4.69) is 42.0 Å². The van der Waals surface area contributed by atoms with Crippen LogP contribution in [-0.4, -0.2) is 22.3 Å². The number of aromatic amines is 2. The van der Waals surface area contributed by atoms with Crippen LogP contribution >= 0.6 is 0 Å². The number of nitrogens with zero attached hydrogens (tertiary/aromatic N) is 1. The number of hydrogen-bond donors (Lipinski definition) is 2. The molecule has 1 aliphatic rings. The van der Waals surface area contributed by atoms with Crippen molar-refractivity contribution in [3.05, 3.63) is 65.1 Å². The maximum atomic E-state index is 5.96. The Bertz CT molecular complexity index is 870. The molecular formula is C28H41N3O. The predicted molar refractivity (Wildman–Crippen MR) is 136 cm³/mol. The highest BCUT2D eigenvalue weighted by molar-refractivity contribution is 6.11. The first kappa shape index (κ1) is 24.2. The summed E-state index contributed by atoms with van der Waals surface area (Å²) in [5, 5.41) is 0. The lowest BCUT2D eigenvalue weighted by atomic mass is 10.1. The second kappa shape index (κ2) is 13.8. The van der Waals surface area contributed by atoms with Gasteiger partial charge in [0.2, 0.25) is 0 Å². The van der Waals surface area contributed by atoms with Gasteiger partial charge in [-0.25, -0.2) is 4.99 Å². The number of H-pyrrole nitrogens is 2. The van der Waals surface area contributed by atoms with Crippen molar-refractivity contribution in [2.45, 2.75) is 90.9 Å². The number of nitrogens with one attached hydrogen (secondary N) is 2. The number of allylic oxidation sites excluding steroid dienone is 1. The molecular weight excluding hydrogens is 394 g/mol. The zero-order valence-electron chi connectivity index (χ0n) is 20.1. The summed E-state index contributed by atoms with van der Waals surface area (Å²) in [6.45, 7) is 5.10. The fourth-order valence-electron chi connectivity index (χ4n) is 4.11. The molecule has 0 radical (unpaired) electrons. The number of aromatic nitrogens is 2. The van der Waals surface area contributed by atoms with Gasteiger partial charge in [0.05, 0.1) is 18.0 Å². The lowest BCUT2D eigenvalue weighted by molar-refractivity contribution is 0.222. The third kappa shape index (κ3) is 7.89. The third-order valence-electron chi connectivity index (χ3n) is 5.96. The van der Waals surface area contributed by atoms with Crippen molar-refractivity contribution in [3.8, 4) is 0 Å². The molecule has 0 aliphatic carbocycles. The summed E-state index contributed by atoms with van der Waals surface area (Å²) >= 11 is 0. The minimum Gasteiger partial charge on any atom is -0.491 e. The molecule has 0 amide bonds. The van der Waals surface area contributed by atoms with Crippen molar-refractivity contribution in [2.75, 3.05) is 6.61 Å². The van der Waals surface area contributed by atoms with Gasteiger partial charge in [0, 0.05) is 23.7 Å². The Labute approximate surface area is 194 Å². The van der Waals surface area contributed by atoms with E-state index in [9.17, 15) is 0 Å². The second-order valence-corrected chi connectivity index (χ2v) is 8.84. The van der Waals surface area contributed by atoms with Gasteiger partial charge in [0.25, 0.3) is 0 Å². The molecule has 3 heterocycles. The fourth-order valence-corrected chi connectivity index (χ4v) is 4.11. The Morgan fingerprint density at radius 3 is 2.31 bits per heavy atom. The van der Waals surface area contributed by atoms with Gasteiger partial charge in [-0.2, -0.15) is 0 Å². The van der Waals surface area contributed by atoms with Crippen LogP contribution in [0.2, 0.25) is 0 Å². The summed E-state index contributed by atoms with van der Waals surface area (Å²) in [4.78, 5) is 11.6. The quantitative estimate of drug-likeness (QED) is 0.258. The average molecular weight is 436 g/mol. The van der Waals surface area contributed by atoms with Crippen molar-refractivity contribution < 1.29 is 4.74 Å². The van der Waals surface area contributed by atoms with Crippen molar-refractivity contribution in [2.24, 2.45) is 4.99 Å². The van der Waals surface area contributed by atoms with Crippen LogP contribution in [0.25, 0.3) is 6.08 Å². The molecule has 0 saturated carbocycles. The average Bonchev–Trinajstić information content (AvgIpc) is 3.55. The van der Waals surface area contributed by atoms with Crippen molar-refractivity contribution in [1.29, 1.82) is 0 Å². The van der Waals surface area contributed by atoms with Gasteiger partial charge in [-0.15, -0.1) is 0 Å². The lowest BCUT2D eigenvalue weighted by Crippen LogP contribution is -1.95. The van der Waals surface area contributed by atoms with E-state index >= 15 is 0 Å². The van der Waals surface area contributed by atoms with Crippen LogP contribution in [0, 0.1) is 0 Å². The number of rotatable bonds is 16. The van der Waals surface area contributed by atoms with Crippen molar-refractivity contribution in [1.82, 2.24) is 9.97 Å². The molecule has 1 aliphatic heterocycles. The minimum absolute atomic E-state index is 0.700. The van der Waals surface area contributed by atoms with Crippen LogP contribution in [0.3, 0.4) is 0 Å². The van der Waals surface area contributed by atoms with E-state index < -0.39 is 0 Å². The Kier molecular flexibility index (Phi) is 10.4. The first-order valence-corrected chi connectivity index (χ1v) is 12.8. The lowest BCUT2D eigenvalue weighted by Gasteiger charge is -2.05. The largest absolute Gasteiger partial charge is 0.491 e. The summed E-state index contributed by atoms with van der Waals surface area (Å²) in [6, 6.07) is 8.39. The Morgan fingerprint density at radius 1 is 0.875 bits per heavy atom. The number of aliphatic imine (C=N–C) groups is 1. The molecule has 0 saturated heterocycles. The predicted octanol–water partition coefficient (Wildman–Crippen LogP) is 7.96. The van der Waals surface area contributed by atoms with E-state index in [1.165, 1.54) is 69.9 Å². The first-order chi connectivity index (χ1) is 15.8. The number of ether oxygens (including phenoxy) is 1. The highest BCUT2D eigenvalue weighted by Crippen LogP contribution is 2.25. The summed E-state index contributed by atoms with van der Waals surface area (Å²) in [7, 11) is 0. The number of aryl methyl sites for hydroxylation is 1. The molecule has 174 valence electrons. The van der Waals surface area contributed by atoms with E-state index in [-0.39, 0.29) is 0 Å². The van der Waals surface area contributed by atoms with E-state index in [1.807, 2.05) is 24.4 Å². The SMILES string of the molecule is CCCCCCCCCCCCc1ccc(C=C2N=C(c3ccc[nH]3)C=C2OCCC)[nH]1. The maximum Gasteiger partial charge on any atom is 0.147 e. The molecule has 4 nitrogen and oxygen atoms in total. The van der Waals surface area contributed by atoms with Gasteiger partial charge in [-0.05, 0) is 49.6 Å². The van der Waals surface area contributed by atoms with Gasteiger partial charge < -0.3 is 14.7 Å². The molecule has 0 bridgehead atoms. The molecule has 0 aromatic carbocycles. The molecule has 2 aromatic rings. The molecule has 2 aromatic heterocycles. The van der Waals surface area contributed by atoms with Gasteiger partial charge >= 0.3 is 0 Å². The molecule has 3 rings (SSSR count). The van der Waals surface area contributed by atoms with E-state index in [0.29, 0.717) is 6.61 Å². The first-order valence-electron chi connectivity index (χ1n) is 12.8. The molecule has 0 fully saturated rings. The minimum atomic E-state index is 0.700. The summed E-state index contributed by atoms with van der Waals surface area (Å²) in [5.74, 6) is 0.849. The van der Waals surface area contributed by atoms with Crippen molar-refractivity contribution in [3.63, 3.8) is 0 Å². The van der Waals surface area contributed by atoms with Gasteiger partial charge in [0.15, 0.2) is 0 Å². The van der Waals surface area contributed by atoms with Crippen LogP contribution in [0.4, 0.5) is 0 Å². The van der Waals surface area contributed by atoms with Crippen LogP contribution in [-0.2, 0) is 11.2 Å². The topological polar surface area (TPSA) is 53.2 Å². The second-order valence-electron chi connectivity index (χ2n) is 8.84. The van der Waals surface area contributed by atoms with E-state index in [4.69, 9.17) is 9.73 Å². The molecule has 0 spiro atoms. The third-order valence-corrected chi connectivity index (χ3v) is 5.96. The van der Waals surface area contributed by atoms with Crippen LogP contribution in [0.15, 0.2) is 53.0 Å². The Balaban J connectivity index is 1.44. The monoisotopic (exact) mass is 435 g/mol. The fraction of sp³-hybridized carbons (Fsp3) is 0.536. The molecule has 2 N–H and O–H groups in total. The summed E-state index contributed by atoms with van der Waals surface area (Å²) in [6.07, 6.45) is 21.9. The molecule has 0 unspecified atom stereocenters. The van der Waals surface area contributed by atoms with E-state index in [1.54, 1.807) is 0 Å². The van der Waals surface area contributed by atoms with Crippen LogP contribution in [0.1, 0.15) is 102 Å². The van der Waals surface area contributed by atoms with Crippen LogP contribution < -0.4 is 0 Å². The molecule has 4 heteroatoms. The van der Waals surface area contributed by atoms with Crippen molar-refractivity contribution >= 4 is 11.8 Å². The highest BCUT2D eigenvalue weighted by Gasteiger charge is 2.18. The smallest absolute Gasteiger partial charge is 0.147 e. The number of unbranched alkanes of at least 4 members (excludes halogenated alkanes) is 9. The van der Waals surface area contributed by atoms with Gasteiger partial charge in [-0.1, -0.05) is 71.6 Å².